The molecule has 5 heteroatoms. The van der Waals surface area contributed by atoms with Gasteiger partial charge < -0.3 is 9.84 Å². The number of carbonyl (C=O) groups excluding carboxylic acids is 1. The lowest BCUT2D eigenvalue weighted by Crippen LogP contribution is -2.45. The topological polar surface area (TPSA) is 63.6 Å². The molecule has 1 aromatic carbocycles. The summed E-state index contributed by atoms with van der Waals surface area (Å²) >= 11 is 3.29. The summed E-state index contributed by atoms with van der Waals surface area (Å²) in [5.41, 5.74) is -1.44. The van der Waals surface area contributed by atoms with Gasteiger partial charge in [0.25, 0.3) is 0 Å². The number of carboxylic acids is 1. The highest BCUT2D eigenvalue weighted by atomic mass is 79.9. The van der Waals surface area contributed by atoms with Crippen molar-refractivity contribution in [3.63, 3.8) is 0 Å². The van der Waals surface area contributed by atoms with Crippen molar-refractivity contribution < 1.29 is 19.4 Å². The Bertz CT molecular complexity index is 547. The SMILES string of the molecule is C#CCCC(C(=O)O)(C(=O)OCC)c1ccccc1Br. The predicted molar refractivity (Wildman–Crippen MR) is 78.2 cm³/mol. The number of aliphatic carboxylic acids is 1. The summed E-state index contributed by atoms with van der Waals surface area (Å²) in [6.07, 6.45) is 5.36. The fourth-order valence-electron chi connectivity index (χ4n) is 1.98. The van der Waals surface area contributed by atoms with E-state index in [1.807, 2.05) is 0 Å². The molecule has 4 nitrogen and oxygen atoms in total. The summed E-state index contributed by atoms with van der Waals surface area (Å²) in [4.78, 5) is 24.1. The van der Waals surface area contributed by atoms with Crippen LogP contribution in [0.25, 0.3) is 0 Å². The summed E-state index contributed by atoms with van der Waals surface area (Å²) in [5, 5.41) is 9.64. The van der Waals surface area contributed by atoms with Crippen LogP contribution in [-0.4, -0.2) is 23.7 Å². The maximum absolute atomic E-state index is 12.3. The number of rotatable bonds is 6. The van der Waals surface area contributed by atoms with Gasteiger partial charge in [-0.25, -0.2) is 0 Å². The zero-order valence-corrected chi connectivity index (χ0v) is 12.6. The number of halogens is 1. The number of hydrogen-bond donors (Lipinski definition) is 1. The average Bonchev–Trinajstić information content (AvgIpc) is 2.41. The van der Waals surface area contributed by atoms with Gasteiger partial charge in [-0.15, -0.1) is 12.3 Å². The molecule has 20 heavy (non-hydrogen) atoms. The van der Waals surface area contributed by atoms with Crippen molar-refractivity contribution in [2.45, 2.75) is 25.2 Å². The number of terminal acetylenes is 1. The van der Waals surface area contributed by atoms with E-state index in [4.69, 9.17) is 11.2 Å². The van der Waals surface area contributed by atoms with Crippen molar-refractivity contribution in [3.8, 4) is 12.3 Å². The standard InChI is InChI=1S/C15H15BrO4/c1-3-5-10-15(13(17)18,14(19)20-4-2)11-8-6-7-9-12(11)16/h1,6-9H,4-5,10H2,2H3,(H,17,18). The molecule has 0 aromatic heterocycles. The van der Waals surface area contributed by atoms with Crippen molar-refractivity contribution in [2.24, 2.45) is 0 Å². The highest BCUT2D eigenvalue weighted by molar-refractivity contribution is 9.10. The van der Waals surface area contributed by atoms with Gasteiger partial charge in [0.15, 0.2) is 5.41 Å². The molecule has 0 radical (unpaired) electrons. The molecule has 0 spiro atoms. The van der Waals surface area contributed by atoms with Gasteiger partial charge in [0, 0.05) is 10.9 Å². The molecule has 1 rings (SSSR count). The van der Waals surface area contributed by atoms with E-state index in [9.17, 15) is 14.7 Å². The maximum atomic E-state index is 12.3. The van der Waals surface area contributed by atoms with Gasteiger partial charge in [-0.3, -0.25) is 9.59 Å². The van der Waals surface area contributed by atoms with Crippen molar-refractivity contribution in [3.05, 3.63) is 34.3 Å². The third-order valence-electron chi connectivity index (χ3n) is 2.97. The van der Waals surface area contributed by atoms with Crippen LogP contribution in [0, 0.1) is 12.3 Å². The van der Waals surface area contributed by atoms with Crippen LogP contribution in [0.4, 0.5) is 0 Å². The van der Waals surface area contributed by atoms with Crippen LogP contribution < -0.4 is 0 Å². The second kappa shape index (κ2) is 7.11. The lowest BCUT2D eigenvalue weighted by Gasteiger charge is -2.28. The Morgan fingerprint density at radius 2 is 2.10 bits per heavy atom. The lowest BCUT2D eigenvalue weighted by molar-refractivity contribution is -0.162. The third kappa shape index (κ3) is 3.02. The maximum Gasteiger partial charge on any atom is 0.328 e. The molecule has 1 unspecified atom stereocenters. The van der Waals surface area contributed by atoms with E-state index in [-0.39, 0.29) is 19.4 Å². The lowest BCUT2D eigenvalue weighted by atomic mass is 9.76. The Morgan fingerprint density at radius 3 is 2.60 bits per heavy atom. The number of ether oxygens (including phenoxy) is 1. The van der Waals surface area contributed by atoms with E-state index < -0.39 is 17.4 Å². The largest absolute Gasteiger partial charge is 0.480 e. The van der Waals surface area contributed by atoms with Gasteiger partial charge in [-0.05, 0) is 25.0 Å². The second-order valence-corrected chi connectivity index (χ2v) is 4.97. The molecule has 0 aliphatic rings. The molecule has 0 fully saturated rings. The Labute approximate surface area is 126 Å². The fourth-order valence-corrected chi connectivity index (χ4v) is 2.60. The first-order valence-corrected chi connectivity index (χ1v) is 6.89. The zero-order valence-electron chi connectivity index (χ0n) is 11.1. The van der Waals surface area contributed by atoms with Crippen LogP contribution in [-0.2, 0) is 19.7 Å². The van der Waals surface area contributed by atoms with E-state index in [1.54, 1.807) is 31.2 Å². The average molecular weight is 339 g/mol. The van der Waals surface area contributed by atoms with Gasteiger partial charge in [-0.1, -0.05) is 34.1 Å². The molecular weight excluding hydrogens is 324 g/mol. The molecule has 0 bridgehead atoms. The highest BCUT2D eigenvalue weighted by Crippen LogP contribution is 2.36. The van der Waals surface area contributed by atoms with Crippen molar-refractivity contribution in [1.82, 2.24) is 0 Å². The van der Waals surface area contributed by atoms with Gasteiger partial charge in [-0.2, -0.15) is 0 Å². The monoisotopic (exact) mass is 338 g/mol. The number of hydrogen-bond acceptors (Lipinski definition) is 3. The quantitative estimate of drug-likeness (QED) is 0.492. The molecular formula is C15H15BrO4. The number of carbonyl (C=O) groups is 2. The molecule has 1 N–H and O–H groups in total. The van der Waals surface area contributed by atoms with Gasteiger partial charge in [0.05, 0.1) is 6.61 Å². The zero-order chi connectivity index (χ0) is 15.2. The molecule has 0 saturated heterocycles. The first-order chi connectivity index (χ1) is 9.50. The first kappa shape index (κ1) is 16.3. The number of carboxylic acid groups (broad SMARTS) is 1. The van der Waals surface area contributed by atoms with E-state index in [1.165, 1.54) is 0 Å². The van der Waals surface area contributed by atoms with Crippen molar-refractivity contribution >= 4 is 27.9 Å². The van der Waals surface area contributed by atoms with Gasteiger partial charge >= 0.3 is 11.9 Å². The Kier molecular flexibility index (Phi) is 5.78. The van der Waals surface area contributed by atoms with Crippen LogP contribution in [0.5, 0.6) is 0 Å². The van der Waals surface area contributed by atoms with Crippen LogP contribution >= 0.6 is 15.9 Å². The van der Waals surface area contributed by atoms with Crippen LogP contribution in [0.2, 0.25) is 0 Å². The Morgan fingerprint density at radius 1 is 1.45 bits per heavy atom. The predicted octanol–water partition coefficient (Wildman–Crippen LogP) is 2.75. The molecule has 1 aromatic rings. The van der Waals surface area contributed by atoms with Gasteiger partial charge in [0.1, 0.15) is 0 Å². The normalized spacial score (nSPS) is 13.1. The number of esters is 1. The van der Waals surface area contributed by atoms with E-state index in [2.05, 4.69) is 21.9 Å². The van der Waals surface area contributed by atoms with Crippen molar-refractivity contribution in [1.29, 1.82) is 0 Å². The summed E-state index contributed by atoms with van der Waals surface area (Å²) < 4.78 is 5.50. The van der Waals surface area contributed by atoms with Gasteiger partial charge in [0.2, 0.25) is 0 Å². The molecule has 0 aliphatic heterocycles. The minimum atomic E-state index is -1.79. The highest BCUT2D eigenvalue weighted by Gasteiger charge is 2.49. The number of benzene rings is 1. The summed E-state index contributed by atoms with van der Waals surface area (Å²) in [5.74, 6) is 0.315. The molecule has 106 valence electrons. The third-order valence-corrected chi connectivity index (χ3v) is 3.66. The molecule has 0 aliphatic carbocycles. The summed E-state index contributed by atoms with van der Waals surface area (Å²) in [6, 6.07) is 6.69. The fraction of sp³-hybridized carbons (Fsp3) is 0.333. The Balaban J connectivity index is 3.45. The smallest absolute Gasteiger partial charge is 0.328 e. The molecule has 0 saturated carbocycles. The summed E-state index contributed by atoms with van der Waals surface area (Å²) in [7, 11) is 0. The van der Waals surface area contributed by atoms with Crippen LogP contribution in [0.1, 0.15) is 25.3 Å². The first-order valence-electron chi connectivity index (χ1n) is 6.09. The van der Waals surface area contributed by atoms with Crippen molar-refractivity contribution in [2.75, 3.05) is 6.61 Å². The Hall–Kier alpha value is -1.80. The van der Waals surface area contributed by atoms with E-state index >= 15 is 0 Å². The minimum absolute atomic E-state index is 0.0136. The minimum Gasteiger partial charge on any atom is -0.480 e. The van der Waals surface area contributed by atoms with E-state index in [0.717, 1.165) is 0 Å². The van der Waals surface area contributed by atoms with E-state index in [0.29, 0.717) is 10.0 Å². The molecule has 0 amide bonds. The second-order valence-electron chi connectivity index (χ2n) is 4.11. The van der Waals surface area contributed by atoms with Crippen LogP contribution in [0.3, 0.4) is 0 Å². The summed E-state index contributed by atoms with van der Waals surface area (Å²) in [6.45, 7) is 1.74. The van der Waals surface area contributed by atoms with Crippen LogP contribution in [0.15, 0.2) is 28.7 Å². The molecule has 1 atom stereocenters. The molecule has 0 heterocycles.